The lowest BCUT2D eigenvalue weighted by molar-refractivity contribution is -0.127. The molecule has 1 saturated heterocycles. The molecule has 0 aliphatic carbocycles. The Bertz CT molecular complexity index is 1140. The van der Waals surface area contributed by atoms with Crippen molar-refractivity contribution >= 4 is 38.7 Å². The van der Waals surface area contributed by atoms with Crippen molar-refractivity contribution < 1.29 is 13.2 Å². The number of carbonyl (C=O) groups is 1. The molecule has 6 nitrogen and oxygen atoms in total. The smallest absolute Gasteiger partial charge is 0.267 e. The minimum absolute atomic E-state index is 0.0362. The number of piperidine rings is 1. The molecule has 0 radical (unpaired) electrons. The first-order valence-electron chi connectivity index (χ1n) is 9.27. The van der Waals surface area contributed by atoms with E-state index in [1.165, 1.54) is 18.3 Å². The summed E-state index contributed by atoms with van der Waals surface area (Å²) in [6.07, 6.45) is 4.13. The zero-order valence-corrected chi connectivity index (χ0v) is 17.1. The number of nitriles is 1. The van der Waals surface area contributed by atoms with Gasteiger partial charge in [-0.2, -0.15) is 5.26 Å². The third kappa shape index (κ3) is 3.50. The molecule has 4 rings (SSSR count). The van der Waals surface area contributed by atoms with Crippen LogP contribution in [0.3, 0.4) is 0 Å². The molecule has 0 atom stereocenters. The number of rotatable bonds is 2. The highest BCUT2D eigenvalue weighted by molar-refractivity contribution is 7.96. The van der Waals surface area contributed by atoms with Crippen LogP contribution < -0.4 is 4.90 Å². The molecule has 2 aliphatic rings. The van der Waals surface area contributed by atoms with Crippen LogP contribution in [0.1, 0.15) is 24.8 Å². The normalized spacial score (nSPS) is 17.9. The zero-order valence-electron chi connectivity index (χ0n) is 15.5. The van der Waals surface area contributed by atoms with E-state index in [2.05, 4.69) is 6.07 Å². The molecule has 8 heteroatoms. The molecule has 0 aromatic heterocycles. The van der Waals surface area contributed by atoms with Gasteiger partial charge >= 0.3 is 0 Å². The predicted molar refractivity (Wildman–Crippen MR) is 110 cm³/mol. The Kier molecular flexibility index (Phi) is 5.07. The molecule has 1 fully saturated rings. The number of halogens is 1. The van der Waals surface area contributed by atoms with E-state index in [4.69, 9.17) is 16.9 Å². The van der Waals surface area contributed by atoms with E-state index in [-0.39, 0.29) is 9.80 Å². The van der Waals surface area contributed by atoms with Gasteiger partial charge in [-0.1, -0.05) is 11.6 Å². The second kappa shape index (κ2) is 7.54. The molecule has 148 valence electrons. The number of fused-ring (bicyclic) bond motifs is 1. The molecule has 0 spiro atoms. The molecule has 0 saturated carbocycles. The van der Waals surface area contributed by atoms with E-state index in [0.29, 0.717) is 35.1 Å². The average Bonchev–Trinajstić information content (AvgIpc) is 2.74. The monoisotopic (exact) mass is 427 g/mol. The van der Waals surface area contributed by atoms with Crippen molar-refractivity contribution in [1.82, 2.24) is 4.90 Å². The second-order valence-electron chi connectivity index (χ2n) is 6.99. The summed E-state index contributed by atoms with van der Waals surface area (Å²) < 4.78 is 26.5. The number of sulfone groups is 1. The summed E-state index contributed by atoms with van der Waals surface area (Å²) in [7, 11) is -3.98. The maximum absolute atomic E-state index is 13.2. The maximum Gasteiger partial charge on any atom is 0.267 e. The van der Waals surface area contributed by atoms with Crippen LogP contribution in [-0.4, -0.2) is 32.3 Å². The molecule has 2 aliphatic heterocycles. The number of benzene rings is 2. The fraction of sp³-hybridized carbons (Fsp3) is 0.238. The number of amides is 1. The van der Waals surface area contributed by atoms with Crippen LogP contribution in [0.15, 0.2) is 58.5 Å². The van der Waals surface area contributed by atoms with Crippen molar-refractivity contribution in [3.05, 3.63) is 64.2 Å². The molecule has 29 heavy (non-hydrogen) atoms. The summed E-state index contributed by atoms with van der Waals surface area (Å²) in [5.74, 6) is -0.482. The highest BCUT2D eigenvalue weighted by atomic mass is 35.5. The number of carbonyl (C=O) groups excluding carboxylic acids is 1. The van der Waals surface area contributed by atoms with Crippen molar-refractivity contribution in [2.45, 2.75) is 24.2 Å². The van der Waals surface area contributed by atoms with Gasteiger partial charge in [-0.3, -0.25) is 4.79 Å². The quantitative estimate of drug-likeness (QED) is 0.723. The SMILES string of the molecule is N#Cc1ccc(N2C=C(C(=O)N3CCCCC3)S(=O)(=O)c3ccc(Cl)cc32)cc1. The third-order valence-electron chi connectivity index (χ3n) is 5.13. The van der Waals surface area contributed by atoms with Crippen molar-refractivity contribution in [3.8, 4) is 6.07 Å². The van der Waals surface area contributed by atoms with Gasteiger partial charge in [-0.05, 0) is 61.7 Å². The Morgan fingerprint density at radius 1 is 1.03 bits per heavy atom. The van der Waals surface area contributed by atoms with Gasteiger partial charge in [0.2, 0.25) is 9.84 Å². The van der Waals surface area contributed by atoms with Gasteiger partial charge in [-0.25, -0.2) is 8.42 Å². The molecule has 2 aromatic carbocycles. The molecular weight excluding hydrogens is 410 g/mol. The van der Waals surface area contributed by atoms with E-state index in [0.717, 1.165) is 19.3 Å². The van der Waals surface area contributed by atoms with Crippen LogP contribution in [-0.2, 0) is 14.6 Å². The molecule has 0 unspecified atom stereocenters. The van der Waals surface area contributed by atoms with E-state index < -0.39 is 15.7 Å². The molecule has 2 heterocycles. The second-order valence-corrected chi connectivity index (χ2v) is 9.31. The highest BCUT2D eigenvalue weighted by Gasteiger charge is 2.38. The summed E-state index contributed by atoms with van der Waals surface area (Å²) in [6.45, 7) is 1.10. The molecule has 0 bridgehead atoms. The first-order valence-corrected chi connectivity index (χ1v) is 11.1. The molecule has 0 N–H and O–H groups in total. The topological polar surface area (TPSA) is 81.5 Å². The van der Waals surface area contributed by atoms with E-state index in [9.17, 15) is 13.2 Å². The van der Waals surface area contributed by atoms with Gasteiger partial charge < -0.3 is 9.80 Å². The first kappa shape index (κ1) is 19.5. The standard InChI is InChI=1S/C21H18ClN3O3S/c22-16-6-9-19-18(12-16)25(17-7-4-15(13-23)5-8-17)14-20(29(19,27)28)21(26)24-10-2-1-3-11-24/h4-9,12,14H,1-3,10-11H2. The Labute approximate surface area is 174 Å². The fourth-order valence-corrected chi connectivity index (χ4v) is 5.30. The summed E-state index contributed by atoms with van der Waals surface area (Å²) >= 11 is 6.13. The zero-order chi connectivity index (χ0) is 20.6. The lowest BCUT2D eigenvalue weighted by atomic mass is 10.1. The van der Waals surface area contributed by atoms with Gasteiger partial charge in [0.15, 0.2) is 4.91 Å². The predicted octanol–water partition coefficient (Wildman–Crippen LogP) is 3.99. The average molecular weight is 428 g/mol. The first-order chi connectivity index (χ1) is 13.9. The van der Waals surface area contributed by atoms with Gasteiger partial charge in [0.25, 0.3) is 5.91 Å². The number of hydrogen-bond donors (Lipinski definition) is 0. The number of nitrogens with zero attached hydrogens (tertiary/aromatic N) is 3. The van der Waals surface area contributed by atoms with Crippen LogP contribution in [0.5, 0.6) is 0 Å². The van der Waals surface area contributed by atoms with E-state index >= 15 is 0 Å². The van der Waals surface area contributed by atoms with Gasteiger partial charge in [-0.15, -0.1) is 0 Å². The Hall–Kier alpha value is -2.82. The number of hydrogen-bond acceptors (Lipinski definition) is 5. The minimum Gasteiger partial charge on any atom is -0.338 e. The Morgan fingerprint density at radius 2 is 1.72 bits per heavy atom. The minimum atomic E-state index is -3.98. The van der Waals surface area contributed by atoms with Crippen LogP contribution >= 0.6 is 11.6 Å². The maximum atomic E-state index is 13.2. The van der Waals surface area contributed by atoms with Crippen LogP contribution in [0.4, 0.5) is 11.4 Å². The fourth-order valence-electron chi connectivity index (χ4n) is 3.61. The molecular formula is C21H18ClN3O3S. The Balaban J connectivity index is 1.86. The lowest BCUT2D eigenvalue weighted by Gasteiger charge is -2.32. The van der Waals surface area contributed by atoms with Crippen LogP contribution in [0, 0.1) is 11.3 Å². The molecule has 1 amide bonds. The summed E-state index contributed by atoms with van der Waals surface area (Å²) in [6, 6.07) is 13.3. The lowest BCUT2D eigenvalue weighted by Crippen LogP contribution is -2.39. The van der Waals surface area contributed by atoms with E-state index in [1.54, 1.807) is 40.1 Å². The number of likely N-dealkylation sites (tertiary alicyclic amines) is 1. The summed E-state index contributed by atoms with van der Waals surface area (Å²) in [5.41, 5.74) is 1.49. The van der Waals surface area contributed by atoms with Crippen molar-refractivity contribution in [2.75, 3.05) is 18.0 Å². The highest BCUT2D eigenvalue weighted by Crippen LogP contribution is 2.41. The molecule has 2 aromatic rings. The van der Waals surface area contributed by atoms with E-state index in [1.807, 2.05) is 0 Å². The Morgan fingerprint density at radius 3 is 2.38 bits per heavy atom. The summed E-state index contributed by atoms with van der Waals surface area (Å²) in [4.78, 5) is 16.1. The van der Waals surface area contributed by atoms with Crippen molar-refractivity contribution in [3.63, 3.8) is 0 Å². The number of anilines is 2. The van der Waals surface area contributed by atoms with Crippen LogP contribution in [0.25, 0.3) is 0 Å². The van der Waals surface area contributed by atoms with Crippen LogP contribution in [0.2, 0.25) is 5.02 Å². The van der Waals surface area contributed by atoms with Gasteiger partial charge in [0, 0.05) is 30.0 Å². The van der Waals surface area contributed by atoms with Gasteiger partial charge in [0.1, 0.15) is 0 Å². The summed E-state index contributed by atoms with van der Waals surface area (Å²) in [5, 5.41) is 9.42. The van der Waals surface area contributed by atoms with Crippen molar-refractivity contribution in [2.24, 2.45) is 0 Å². The van der Waals surface area contributed by atoms with Crippen molar-refractivity contribution in [1.29, 1.82) is 5.26 Å². The third-order valence-corrected chi connectivity index (χ3v) is 7.15. The largest absolute Gasteiger partial charge is 0.338 e. The van der Waals surface area contributed by atoms with Gasteiger partial charge in [0.05, 0.1) is 22.2 Å².